The number of esters is 1. The Hall–Kier alpha value is -2.65. The summed E-state index contributed by atoms with van der Waals surface area (Å²) in [5.74, 6) is -2.70. The fraction of sp³-hybridized carbons (Fsp3) is 0.640. The molecular formula is C25H35N3O6. The van der Waals surface area contributed by atoms with Gasteiger partial charge in [-0.15, -0.1) is 0 Å². The molecule has 3 saturated heterocycles. The van der Waals surface area contributed by atoms with Crippen molar-refractivity contribution in [3.8, 4) is 0 Å². The number of rotatable bonds is 9. The fourth-order valence-corrected chi connectivity index (χ4v) is 6.01. The number of hydrogen-bond acceptors (Lipinski definition) is 7. The van der Waals surface area contributed by atoms with Crippen LogP contribution in [0.25, 0.3) is 0 Å². The van der Waals surface area contributed by atoms with Crippen LogP contribution < -0.4 is 10.2 Å². The third kappa shape index (κ3) is 3.75. The van der Waals surface area contributed by atoms with Gasteiger partial charge in [0.15, 0.2) is 0 Å². The van der Waals surface area contributed by atoms with E-state index >= 15 is 0 Å². The number of aliphatic hydroxyl groups excluding tert-OH is 1. The van der Waals surface area contributed by atoms with Crippen molar-refractivity contribution in [1.29, 1.82) is 0 Å². The molecular weight excluding hydrogens is 438 g/mol. The van der Waals surface area contributed by atoms with E-state index in [2.05, 4.69) is 24.1 Å². The van der Waals surface area contributed by atoms with Crippen LogP contribution in [0.1, 0.15) is 40.5 Å². The van der Waals surface area contributed by atoms with Crippen molar-refractivity contribution in [2.24, 2.45) is 11.8 Å². The molecule has 3 aliphatic heterocycles. The maximum Gasteiger partial charge on any atom is 0.312 e. The monoisotopic (exact) mass is 473 g/mol. The standard InChI is InChI=1S/C25H35N3O6/c1-5-27(6-2)17-10-8-16(9-11-17)26-22(30)21-25-13-12-18(34-25)19(24(32)33-7-3)20(25)23(31)28(21)15(4)14-29/h8-11,15,18-21,29H,5-7,12-14H2,1-4H3,(H,26,30)/t15-,18+,19-,20-,21+,25-/m1/s1. The average Bonchev–Trinajstić information content (AvgIpc) is 3.48. The van der Waals surface area contributed by atoms with Crippen LogP contribution in [0.5, 0.6) is 0 Å². The summed E-state index contributed by atoms with van der Waals surface area (Å²) in [6.07, 6.45) is 0.636. The number of benzene rings is 1. The van der Waals surface area contributed by atoms with Crippen LogP contribution in [0.4, 0.5) is 11.4 Å². The second kappa shape index (κ2) is 9.54. The Labute approximate surface area is 200 Å². The van der Waals surface area contributed by atoms with E-state index < -0.39 is 41.6 Å². The molecule has 2 N–H and O–H groups in total. The van der Waals surface area contributed by atoms with E-state index in [-0.39, 0.29) is 25.0 Å². The summed E-state index contributed by atoms with van der Waals surface area (Å²) < 4.78 is 11.5. The smallest absolute Gasteiger partial charge is 0.312 e. The van der Waals surface area contributed by atoms with Gasteiger partial charge < -0.3 is 29.7 Å². The Bertz CT molecular complexity index is 933. The molecule has 6 atom stereocenters. The van der Waals surface area contributed by atoms with Crippen molar-refractivity contribution in [1.82, 2.24) is 4.90 Å². The SMILES string of the molecule is CCOC(=O)[C@@H]1[C@@H]2CC[C@]3(O2)[C@H](C(=O)Nc2ccc(N(CC)CC)cc2)N([C@H](C)CO)C(=O)[C@@H]13. The van der Waals surface area contributed by atoms with Crippen molar-refractivity contribution in [2.75, 3.05) is 36.5 Å². The van der Waals surface area contributed by atoms with Crippen molar-refractivity contribution < 1.29 is 29.0 Å². The molecule has 0 unspecified atom stereocenters. The van der Waals surface area contributed by atoms with Crippen LogP contribution >= 0.6 is 0 Å². The lowest BCUT2D eigenvalue weighted by Crippen LogP contribution is -2.55. The molecule has 0 aliphatic carbocycles. The van der Waals surface area contributed by atoms with E-state index in [1.54, 1.807) is 13.8 Å². The average molecular weight is 474 g/mol. The number of aliphatic hydroxyl groups is 1. The van der Waals surface area contributed by atoms with Gasteiger partial charge in [-0.2, -0.15) is 0 Å². The molecule has 0 saturated carbocycles. The number of fused-ring (bicyclic) bond motifs is 1. The quantitative estimate of drug-likeness (QED) is 0.527. The zero-order valence-corrected chi connectivity index (χ0v) is 20.3. The molecule has 0 radical (unpaired) electrons. The van der Waals surface area contributed by atoms with Crippen LogP contribution in [-0.4, -0.2) is 77.9 Å². The van der Waals surface area contributed by atoms with E-state index in [0.717, 1.165) is 18.8 Å². The minimum atomic E-state index is -1.10. The van der Waals surface area contributed by atoms with E-state index in [0.29, 0.717) is 18.5 Å². The summed E-state index contributed by atoms with van der Waals surface area (Å²) in [5, 5.41) is 12.8. The third-order valence-electron chi connectivity index (χ3n) is 7.55. The Morgan fingerprint density at radius 1 is 1.26 bits per heavy atom. The highest BCUT2D eigenvalue weighted by Gasteiger charge is 2.75. The number of carbonyl (C=O) groups excluding carboxylic acids is 3. The van der Waals surface area contributed by atoms with E-state index in [4.69, 9.17) is 9.47 Å². The molecule has 3 heterocycles. The first-order valence-corrected chi connectivity index (χ1v) is 12.3. The maximum absolute atomic E-state index is 13.7. The molecule has 3 fully saturated rings. The summed E-state index contributed by atoms with van der Waals surface area (Å²) in [6, 6.07) is 6.04. The molecule has 3 aliphatic rings. The highest BCUT2D eigenvalue weighted by molar-refractivity contribution is 6.03. The van der Waals surface area contributed by atoms with Crippen molar-refractivity contribution in [3.63, 3.8) is 0 Å². The molecule has 2 bridgehead atoms. The van der Waals surface area contributed by atoms with Gasteiger partial charge in [-0.05, 0) is 64.8 Å². The number of nitrogens with zero attached hydrogens (tertiary/aromatic N) is 2. The van der Waals surface area contributed by atoms with Crippen LogP contribution in [0.15, 0.2) is 24.3 Å². The number of likely N-dealkylation sites (tertiary alicyclic amines) is 1. The van der Waals surface area contributed by atoms with Gasteiger partial charge in [0.25, 0.3) is 0 Å². The van der Waals surface area contributed by atoms with Gasteiger partial charge in [-0.1, -0.05) is 0 Å². The molecule has 0 aromatic heterocycles. The topological polar surface area (TPSA) is 108 Å². The number of carbonyl (C=O) groups is 3. The van der Waals surface area contributed by atoms with Gasteiger partial charge in [0.05, 0.1) is 37.2 Å². The molecule has 9 nitrogen and oxygen atoms in total. The minimum absolute atomic E-state index is 0.208. The van der Waals surface area contributed by atoms with Crippen molar-refractivity contribution in [3.05, 3.63) is 24.3 Å². The first-order valence-electron chi connectivity index (χ1n) is 12.3. The number of nitrogens with one attached hydrogen (secondary N) is 1. The first kappa shape index (κ1) is 24.5. The summed E-state index contributed by atoms with van der Waals surface area (Å²) >= 11 is 0. The molecule has 186 valence electrons. The zero-order chi connectivity index (χ0) is 24.6. The molecule has 1 spiro atoms. The third-order valence-corrected chi connectivity index (χ3v) is 7.55. The van der Waals surface area contributed by atoms with Gasteiger partial charge in [0, 0.05) is 24.5 Å². The van der Waals surface area contributed by atoms with E-state index in [1.165, 1.54) is 4.90 Å². The summed E-state index contributed by atoms with van der Waals surface area (Å²) in [4.78, 5) is 43.6. The Kier molecular flexibility index (Phi) is 6.87. The Morgan fingerprint density at radius 3 is 2.53 bits per heavy atom. The second-order valence-electron chi connectivity index (χ2n) is 9.29. The van der Waals surface area contributed by atoms with Crippen molar-refractivity contribution >= 4 is 29.2 Å². The van der Waals surface area contributed by atoms with E-state index in [1.807, 2.05) is 24.3 Å². The predicted octanol–water partition coefficient (Wildman–Crippen LogP) is 1.79. The molecule has 4 rings (SSSR count). The molecule has 34 heavy (non-hydrogen) atoms. The highest BCUT2D eigenvalue weighted by Crippen LogP contribution is 2.59. The molecule has 2 amide bonds. The van der Waals surface area contributed by atoms with Crippen LogP contribution in [0, 0.1) is 11.8 Å². The predicted molar refractivity (Wildman–Crippen MR) is 126 cm³/mol. The Balaban J connectivity index is 1.63. The van der Waals surface area contributed by atoms with Gasteiger partial charge in [0.1, 0.15) is 11.6 Å². The van der Waals surface area contributed by atoms with Gasteiger partial charge in [-0.3, -0.25) is 14.4 Å². The molecule has 9 heteroatoms. The lowest BCUT2D eigenvalue weighted by Gasteiger charge is -2.35. The van der Waals surface area contributed by atoms with Gasteiger partial charge in [-0.25, -0.2) is 0 Å². The first-order chi connectivity index (χ1) is 16.3. The summed E-state index contributed by atoms with van der Waals surface area (Å²) in [5.41, 5.74) is 0.566. The largest absolute Gasteiger partial charge is 0.466 e. The fourth-order valence-electron chi connectivity index (χ4n) is 6.01. The zero-order valence-electron chi connectivity index (χ0n) is 20.3. The van der Waals surface area contributed by atoms with Crippen LogP contribution in [0.2, 0.25) is 0 Å². The maximum atomic E-state index is 13.7. The number of hydrogen-bond donors (Lipinski definition) is 2. The lowest BCUT2D eigenvalue weighted by atomic mass is 9.71. The molecule has 1 aromatic carbocycles. The Morgan fingerprint density at radius 2 is 1.94 bits per heavy atom. The van der Waals surface area contributed by atoms with Gasteiger partial charge >= 0.3 is 5.97 Å². The normalized spacial score (nSPS) is 30.3. The number of amides is 2. The van der Waals surface area contributed by atoms with Gasteiger partial charge in [0.2, 0.25) is 11.8 Å². The second-order valence-corrected chi connectivity index (χ2v) is 9.29. The number of ether oxygens (including phenoxy) is 2. The lowest BCUT2D eigenvalue weighted by molar-refractivity contribution is -0.155. The summed E-state index contributed by atoms with van der Waals surface area (Å²) in [7, 11) is 0. The van der Waals surface area contributed by atoms with Crippen molar-refractivity contribution in [2.45, 2.75) is 64.3 Å². The van der Waals surface area contributed by atoms with E-state index in [9.17, 15) is 19.5 Å². The molecule has 1 aromatic rings. The number of anilines is 2. The summed E-state index contributed by atoms with van der Waals surface area (Å²) in [6.45, 7) is 9.26. The van der Waals surface area contributed by atoms with Crippen LogP contribution in [-0.2, 0) is 23.9 Å². The highest BCUT2D eigenvalue weighted by atomic mass is 16.6. The van der Waals surface area contributed by atoms with Crippen LogP contribution in [0.3, 0.4) is 0 Å². The minimum Gasteiger partial charge on any atom is -0.466 e.